The first-order chi connectivity index (χ1) is 15.2. The number of para-hydroxylation sites is 1. The number of nitrogens with zero attached hydrogens (tertiary/aromatic N) is 5. The zero-order valence-corrected chi connectivity index (χ0v) is 19.7. The van der Waals surface area contributed by atoms with E-state index in [2.05, 4.69) is 80.9 Å². The van der Waals surface area contributed by atoms with Crippen LogP contribution in [0.2, 0.25) is 0 Å². The third-order valence-corrected chi connectivity index (χ3v) is 5.87. The number of fused-ring (bicyclic) bond motifs is 1. The lowest BCUT2D eigenvalue weighted by Gasteiger charge is -2.22. The Morgan fingerprint density at radius 1 is 1.03 bits per heavy atom. The number of aryl methyl sites for hydroxylation is 1. The van der Waals surface area contributed by atoms with Gasteiger partial charge in [-0.2, -0.15) is 9.61 Å². The van der Waals surface area contributed by atoms with Crippen LogP contribution in [0.1, 0.15) is 51.4 Å². The van der Waals surface area contributed by atoms with E-state index in [-0.39, 0.29) is 11.2 Å². The minimum absolute atomic E-state index is 0.162. The van der Waals surface area contributed by atoms with Gasteiger partial charge in [-0.15, -0.1) is 10.2 Å². The predicted molar refractivity (Wildman–Crippen MR) is 130 cm³/mol. The first-order valence-corrected chi connectivity index (χ1v) is 11.2. The third-order valence-electron chi connectivity index (χ3n) is 5.87. The molecule has 0 bridgehead atoms. The molecule has 0 radical (unpaired) electrons. The van der Waals surface area contributed by atoms with Gasteiger partial charge in [-0.25, -0.2) is 0 Å². The quantitative estimate of drug-likeness (QED) is 0.506. The maximum Gasteiger partial charge on any atom is 0.189 e. The number of hydrogen-bond donors (Lipinski definition) is 1. The molecule has 166 valence electrons. The summed E-state index contributed by atoms with van der Waals surface area (Å²) in [5.74, 6) is 0.701. The minimum atomic E-state index is -0.183. The van der Waals surface area contributed by atoms with Crippen molar-refractivity contribution in [2.45, 2.75) is 47.0 Å². The molecule has 0 aliphatic rings. The van der Waals surface area contributed by atoms with Crippen molar-refractivity contribution < 1.29 is 5.11 Å². The van der Waals surface area contributed by atoms with Crippen molar-refractivity contribution in [1.82, 2.24) is 19.8 Å². The molecule has 0 saturated carbocycles. The molecule has 0 aliphatic heterocycles. The summed E-state index contributed by atoms with van der Waals surface area (Å²) in [4.78, 5) is 2.34. The van der Waals surface area contributed by atoms with E-state index < -0.39 is 0 Å². The van der Waals surface area contributed by atoms with Crippen LogP contribution in [0, 0.1) is 6.92 Å². The molecule has 0 atom stereocenters. The smallest absolute Gasteiger partial charge is 0.189 e. The van der Waals surface area contributed by atoms with Gasteiger partial charge in [0, 0.05) is 29.4 Å². The van der Waals surface area contributed by atoms with Gasteiger partial charge in [-0.3, -0.25) is 0 Å². The van der Waals surface area contributed by atoms with Crippen LogP contribution in [0.4, 0.5) is 5.69 Å². The highest BCUT2D eigenvalue weighted by molar-refractivity contribution is 5.69. The molecule has 6 nitrogen and oxygen atoms in total. The number of hydrogen-bond acceptors (Lipinski definition) is 5. The Hall–Kier alpha value is -3.41. The van der Waals surface area contributed by atoms with Gasteiger partial charge in [0.15, 0.2) is 11.5 Å². The van der Waals surface area contributed by atoms with Crippen LogP contribution < -0.4 is 10.1 Å². The third kappa shape index (κ3) is 3.81. The average Bonchev–Trinajstić information content (AvgIpc) is 3.31. The Morgan fingerprint density at radius 2 is 1.75 bits per heavy atom. The van der Waals surface area contributed by atoms with Crippen LogP contribution in [-0.4, -0.2) is 38.0 Å². The number of aromatic nitrogens is 4. The fourth-order valence-corrected chi connectivity index (χ4v) is 4.08. The Morgan fingerprint density at radius 3 is 2.38 bits per heavy atom. The van der Waals surface area contributed by atoms with Gasteiger partial charge >= 0.3 is 0 Å². The molecular weight excluding hydrogens is 398 g/mol. The van der Waals surface area contributed by atoms with E-state index in [0.717, 1.165) is 29.6 Å². The van der Waals surface area contributed by atoms with E-state index >= 15 is 0 Å². The van der Waals surface area contributed by atoms with Gasteiger partial charge in [-0.1, -0.05) is 39.0 Å². The van der Waals surface area contributed by atoms with Crippen molar-refractivity contribution in [3.05, 3.63) is 64.5 Å². The Balaban J connectivity index is 1.92. The number of phenolic OH excluding ortho intramolecular Hbond substituents is 1. The maximum absolute atomic E-state index is 10.3. The maximum atomic E-state index is 10.3. The van der Waals surface area contributed by atoms with Crippen molar-refractivity contribution in [2.24, 2.45) is 0 Å². The first-order valence-electron chi connectivity index (χ1n) is 11.2. The standard InChI is InChI=1S/C26H31N5O/c1-7-30(8-2)19-14-13-18(17(3)15-19)16-21-23(26(4,5)6)29-31-24(27-28-25(21)31)20-11-9-10-12-22(20)32/h9-16,32H,7-8H2,1-6H3. The van der Waals surface area contributed by atoms with E-state index in [0.29, 0.717) is 17.0 Å². The lowest BCUT2D eigenvalue weighted by atomic mass is 9.90. The van der Waals surface area contributed by atoms with Crippen LogP contribution in [0.3, 0.4) is 0 Å². The summed E-state index contributed by atoms with van der Waals surface area (Å²) in [6.45, 7) is 14.9. The van der Waals surface area contributed by atoms with Crippen LogP contribution in [0.5, 0.6) is 5.75 Å². The van der Waals surface area contributed by atoms with Gasteiger partial charge in [0.1, 0.15) is 5.75 Å². The highest BCUT2D eigenvalue weighted by Crippen LogP contribution is 2.28. The second-order valence-corrected chi connectivity index (χ2v) is 9.15. The number of rotatable bonds is 5. The van der Waals surface area contributed by atoms with Crippen LogP contribution >= 0.6 is 0 Å². The van der Waals surface area contributed by atoms with Crippen molar-refractivity contribution >= 4 is 17.4 Å². The molecule has 0 unspecified atom stereocenters. The zero-order valence-electron chi connectivity index (χ0n) is 19.7. The van der Waals surface area contributed by atoms with E-state index in [1.54, 1.807) is 16.6 Å². The molecule has 0 saturated heterocycles. The van der Waals surface area contributed by atoms with Crippen molar-refractivity contribution in [3.8, 4) is 17.1 Å². The largest absolute Gasteiger partial charge is 0.507 e. The van der Waals surface area contributed by atoms with Crippen LogP contribution in [0.15, 0.2) is 42.5 Å². The van der Waals surface area contributed by atoms with E-state index in [1.165, 1.54) is 11.3 Å². The molecule has 2 aromatic carbocycles. The fraction of sp³-hybridized carbons (Fsp3) is 0.346. The molecule has 1 N–H and O–H groups in total. The first kappa shape index (κ1) is 21.8. The topological polar surface area (TPSA) is 66.6 Å². The molecule has 0 amide bonds. The van der Waals surface area contributed by atoms with Crippen LogP contribution in [0.25, 0.3) is 23.1 Å². The van der Waals surface area contributed by atoms with E-state index in [1.807, 2.05) is 12.1 Å². The number of phenols is 1. The van der Waals surface area contributed by atoms with Crippen molar-refractivity contribution in [1.29, 1.82) is 0 Å². The molecule has 2 heterocycles. The summed E-state index contributed by atoms with van der Waals surface area (Å²) < 4.78 is 1.75. The fourth-order valence-electron chi connectivity index (χ4n) is 4.08. The van der Waals surface area contributed by atoms with Gasteiger partial charge in [-0.05, 0) is 62.2 Å². The molecule has 0 fully saturated rings. The van der Waals surface area contributed by atoms with Gasteiger partial charge < -0.3 is 10.0 Å². The molecule has 0 spiro atoms. The second kappa shape index (κ2) is 8.26. The zero-order chi connectivity index (χ0) is 23.0. The molecule has 2 aromatic heterocycles. The van der Waals surface area contributed by atoms with Crippen molar-refractivity contribution in [2.75, 3.05) is 18.0 Å². The van der Waals surface area contributed by atoms with E-state index in [9.17, 15) is 5.11 Å². The molecule has 0 aliphatic carbocycles. The molecule has 4 rings (SSSR count). The molecular formula is C26H31N5O. The molecule has 4 aromatic rings. The average molecular weight is 430 g/mol. The highest BCUT2D eigenvalue weighted by Gasteiger charge is 2.24. The lowest BCUT2D eigenvalue weighted by Crippen LogP contribution is -2.22. The summed E-state index contributed by atoms with van der Waals surface area (Å²) in [6, 6.07) is 13.7. The summed E-state index contributed by atoms with van der Waals surface area (Å²) >= 11 is 0. The Kier molecular flexibility index (Phi) is 5.63. The van der Waals surface area contributed by atoms with Gasteiger partial charge in [0.05, 0.1) is 11.3 Å². The monoisotopic (exact) mass is 429 g/mol. The number of anilines is 1. The van der Waals surface area contributed by atoms with E-state index in [4.69, 9.17) is 5.10 Å². The summed E-state index contributed by atoms with van der Waals surface area (Å²) in [7, 11) is 0. The summed E-state index contributed by atoms with van der Waals surface area (Å²) in [5.41, 5.74) is 5.65. The Labute approximate surface area is 189 Å². The predicted octanol–water partition coefficient (Wildman–Crippen LogP) is 4.50. The van der Waals surface area contributed by atoms with Crippen LogP contribution in [-0.2, 0) is 5.41 Å². The summed E-state index contributed by atoms with van der Waals surface area (Å²) in [5, 5.41) is 25.0. The number of benzene rings is 2. The minimum Gasteiger partial charge on any atom is -0.507 e. The van der Waals surface area contributed by atoms with Crippen molar-refractivity contribution in [3.63, 3.8) is 0 Å². The van der Waals surface area contributed by atoms with Gasteiger partial charge in [0.25, 0.3) is 0 Å². The SMILES string of the molecule is CCN(CC)c1ccc(C=c2c(C(C)(C)C)nn3c(-c4ccccc4O)nnc23)c(C)c1. The second-order valence-electron chi connectivity index (χ2n) is 9.15. The lowest BCUT2D eigenvalue weighted by molar-refractivity contribution is 0.476. The molecule has 32 heavy (non-hydrogen) atoms. The number of aromatic hydroxyl groups is 1. The highest BCUT2D eigenvalue weighted by atomic mass is 16.3. The molecule has 6 heteroatoms. The Bertz CT molecular complexity index is 1310. The normalized spacial score (nSPS) is 12.6. The summed E-state index contributed by atoms with van der Waals surface area (Å²) in [6.07, 6.45) is 2.16. The van der Waals surface area contributed by atoms with Gasteiger partial charge in [0.2, 0.25) is 0 Å².